The van der Waals surface area contributed by atoms with Gasteiger partial charge >= 0.3 is 12.3 Å². The molecule has 3 N–H and O–H groups in total. The number of amides is 2. The zero-order valence-electron chi connectivity index (χ0n) is 14.5. The Balaban J connectivity index is 2.29. The molecule has 27 heavy (non-hydrogen) atoms. The van der Waals surface area contributed by atoms with Gasteiger partial charge in [-0.15, -0.1) is 0 Å². The largest absolute Gasteiger partial charge is 0.453 e. The lowest BCUT2D eigenvalue weighted by Gasteiger charge is -2.40. The number of hydrogen-bond acceptors (Lipinski definition) is 6. The number of carbonyl (C=O) groups excluding carboxylic acids is 2. The minimum absolute atomic E-state index is 0.0234. The number of nitriles is 1. The van der Waals surface area contributed by atoms with Gasteiger partial charge in [-0.25, -0.2) is 4.79 Å². The molecule has 0 spiro atoms. The highest BCUT2D eigenvalue weighted by Gasteiger charge is 2.41. The second kappa shape index (κ2) is 7.83. The van der Waals surface area contributed by atoms with Crippen molar-refractivity contribution in [2.24, 2.45) is 5.73 Å². The van der Waals surface area contributed by atoms with Crippen LogP contribution >= 0.6 is 0 Å². The van der Waals surface area contributed by atoms with E-state index in [4.69, 9.17) is 5.73 Å². The van der Waals surface area contributed by atoms with Crippen LogP contribution in [-0.2, 0) is 10.3 Å². The quantitative estimate of drug-likeness (QED) is 0.786. The Kier molecular flexibility index (Phi) is 5.94. The van der Waals surface area contributed by atoms with Crippen LogP contribution in [0.1, 0.15) is 29.6 Å². The molecular formula is C15H19F3N6O3. The van der Waals surface area contributed by atoms with Gasteiger partial charge in [0.05, 0.1) is 31.7 Å². The first-order chi connectivity index (χ1) is 12.6. The van der Waals surface area contributed by atoms with Crippen LogP contribution in [0, 0.1) is 11.3 Å². The molecule has 2 rings (SSSR count). The number of piperidine rings is 1. The van der Waals surface area contributed by atoms with Gasteiger partial charge in [-0.2, -0.15) is 23.5 Å². The fourth-order valence-electron chi connectivity index (χ4n) is 3.05. The molecule has 1 aromatic rings. The summed E-state index contributed by atoms with van der Waals surface area (Å²) in [4.78, 5) is 24.3. The number of rotatable bonds is 5. The highest BCUT2D eigenvalue weighted by molar-refractivity contribution is 6.00. The molecule has 148 valence electrons. The third-order valence-electron chi connectivity index (χ3n) is 4.47. The van der Waals surface area contributed by atoms with Crippen LogP contribution in [0.5, 0.6) is 0 Å². The van der Waals surface area contributed by atoms with Crippen LogP contribution in [0.15, 0.2) is 6.20 Å². The highest BCUT2D eigenvalue weighted by Crippen LogP contribution is 2.35. The van der Waals surface area contributed by atoms with E-state index < -0.39 is 30.3 Å². The van der Waals surface area contributed by atoms with Crippen LogP contribution in [0.4, 0.5) is 23.8 Å². The number of alkyl halides is 3. The maximum Gasteiger partial charge on any atom is 0.412 e. The standard InChI is InChI=1S/C15H19F3N6O3/c1-27-13(26)21-12-10(11(20)25)8-24(22-12)14(2-5-19)3-6-23(7-4-14)9-15(16,17)18/h8H,2-4,6-7,9H2,1H3,(H2,20,25)(H,21,22,26). The summed E-state index contributed by atoms with van der Waals surface area (Å²) in [5.41, 5.74) is 4.31. The molecule has 1 saturated heterocycles. The zero-order valence-corrected chi connectivity index (χ0v) is 14.5. The Bertz CT molecular complexity index is 747. The molecule has 0 bridgehead atoms. The number of hydrogen-bond donors (Lipinski definition) is 2. The predicted molar refractivity (Wildman–Crippen MR) is 86.7 cm³/mol. The fourth-order valence-corrected chi connectivity index (χ4v) is 3.05. The molecular weight excluding hydrogens is 369 g/mol. The number of likely N-dealkylation sites (tertiary alicyclic amines) is 1. The van der Waals surface area contributed by atoms with Crippen molar-refractivity contribution in [2.45, 2.75) is 31.0 Å². The number of nitrogens with zero attached hydrogens (tertiary/aromatic N) is 4. The van der Waals surface area contributed by atoms with E-state index >= 15 is 0 Å². The molecule has 0 unspecified atom stereocenters. The Hall–Kier alpha value is -2.81. The van der Waals surface area contributed by atoms with E-state index in [2.05, 4.69) is 15.2 Å². The number of nitrogens with one attached hydrogen (secondary N) is 1. The third-order valence-corrected chi connectivity index (χ3v) is 4.47. The molecule has 0 aromatic carbocycles. The molecule has 0 aliphatic carbocycles. The van der Waals surface area contributed by atoms with Crippen molar-refractivity contribution in [1.82, 2.24) is 14.7 Å². The lowest BCUT2D eigenvalue weighted by atomic mass is 9.85. The van der Waals surface area contributed by atoms with Gasteiger partial charge in [0.15, 0.2) is 5.82 Å². The number of anilines is 1. The molecule has 0 atom stereocenters. The Morgan fingerprint density at radius 2 is 2.07 bits per heavy atom. The van der Waals surface area contributed by atoms with E-state index in [0.29, 0.717) is 0 Å². The average molecular weight is 388 g/mol. The SMILES string of the molecule is COC(=O)Nc1nn(C2(CC#N)CCN(CC(F)(F)F)CC2)cc1C(N)=O. The van der Waals surface area contributed by atoms with Crippen molar-refractivity contribution in [3.63, 3.8) is 0 Å². The van der Waals surface area contributed by atoms with Crippen LogP contribution in [0.25, 0.3) is 0 Å². The lowest BCUT2D eigenvalue weighted by Crippen LogP contribution is -2.48. The first-order valence-corrected chi connectivity index (χ1v) is 8.01. The number of halogens is 3. The first-order valence-electron chi connectivity index (χ1n) is 8.01. The number of aromatic nitrogens is 2. The average Bonchev–Trinajstić information content (AvgIpc) is 3.00. The van der Waals surface area contributed by atoms with Gasteiger partial charge in [-0.05, 0) is 12.8 Å². The topological polar surface area (TPSA) is 126 Å². The summed E-state index contributed by atoms with van der Waals surface area (Å²) >= 11 is 0. The molecule has 9 nitrogen and oxygen atoms in total. The van der Waals surface area contributed by atoms with Gasteiger partial charge < -0.3 is 10.5 Å². The predicted octanol–water partition coefficient (Wildman–Crippen LogP) is 1.43. The van der Waals surface area contributed by atoms with Crippen LogP contribution in [0.2, 0.25) is 0 Å². The number of primary amides is 1. The van der Waals surface area contributed by atoms with Crippen molar-refractivity contribution in [1.29, 1.82) is 5.26 Å². The van der Waals surface area contributed by atoms with E-state index in [9.17, 15) is 28.0 Å². The molecule has 1 aromatic heterocycles. The second-order valence-corrected chi connectivity index (χ2v) is 6.27. The smallest absolute Gasteiger partial charge is 0.412 e. The summed E-state index contributed by atoms with van der Waals surface area (Å²) in [7, 11) is 1.13. The van der Waals surface area contributed by atoms with Crippen molar-refractivity contribution >= 4 is 17.8 Å². The van der Waals surface area contributed by atoms with E-state index in [0.717, 1.165) is 7.11 Å². The second-order valence-electron chi connectivity index (χ2n) is 6.27. The molecule has 0 radical (unpaired) electrons. The Morgan fingerprint density at radius 1 is 1.44 bits per heavy atom. The summed E-state index contributed by atoms with van der Waals surface area (Å²) < 4.78 is 43.6. The van der Waals surface area contributed by atoms with Crippen LogP contribution in [0.3, 0.4) is 0 Å². The van der Waals surface area contributed by atoms with E-state index in [-0.39, 0.29) is 43.7 Å². The van der Waals surface area contributed by atoms with Crippen molar-refractivity contribution in [3.8, 4) is 6.07 Å². The van der Waals surface area contributed by atoms with Crippen molar-refractivity contribution < 1.29 is 27.5 Å². The number of nitrogens with two attached hydrogens (primary N) is 1. The van der Waals surface area contributed by atoms with Crippen molar-refractivity contribution in [2.75, 3.05) is 32.1 Å². The molecule has 1 fully saturated rings. The van der Waals surface area contributed by atoms with Gasteiger partial charge in [0.25, 0.3) is 5.91 Å². The molecule has 2 heterocycles. The van der Waals surface area contributed by atoms with Crippen LogP contribution in [-0.4, -0.2) is 59.6 Å². The monoisotopic (exact) mass is 388 g/mol. The van der Waals surface area contributed by atoms with E-state index in [1.54, 1.807) is 0 Å². The van der Waals surface area contributed by atoms with E-state index in [1.807, 2.05) is 6.07 Å². The Labute approximate surface area is 152 Å². The molecule has 2 amide bonds. The Morgan fingerprint density at radius 3 is 2.56 bits per heavy atom. The first kappa shape index (κ1) is 20.5. The molecule has 1 aliphatic rings. The number of ether oxygens (including phenoxy) is 1. The van der Waals surface area contributed by atoms with Gasteiger partial charge in [-0.3, -0.25) is 19.7 Å². The lowest BCUT2D eigenvalue weighted by molar-refractivity contribution is -0.150. The van der Waals surface area contributed by atoms with Gasteiger partial charge in [0.2, 0.25) is 0 Å². The minimum Gasteiger partial charge on any atom is -0.453 e. The van der Waals surface area contributed by atoms with Gasteiger partial charge in [0, 0.05) is 19.3 Å². The summed E-state index contributed by atoms with van der Waals surface area (Å²) in [6.07, 6.45) is -3.47. The minimum atomic E-state index is -4.31. The number of carbonyl (C=O) groups is 2. The summed E-state index contributed by atoms with van der Waals surface area (Å²) in [5, 5.41) is 15.6. The normalized spacial score (nSPS) is 17.1. The maximum atomic E-state index is 12.6. The molecule has 1 aliphatic heterocycles. The highest BCUT2D eigenvalue weighted by atomic mass is 19.4. The maximum absolute atomic E-state index is 12.6. The molecule has 12 heteroatoms. The van der Waals surface area contributed by atoms with Crippen LogP contribution < -0.4 is 11.1 Å². The van der Waals surface area contributed by atoms with E-state index in [1.165, 1.54) is 15.8 Å². The summed E-state index contributed by atoms with van der Waals surface area (Å²) in [6.45, 7) is -0.824. The van der Waals surface area contributed by atoms with Gasteiger partial charge in [0.1, 0.15) is 5.56 Å². The number of methoxy groups -OCH3 is 1. The zero-order chi connectivity index (χ0) is 20.2. The summed E-state index contributed by atoms with van der Waals surface area (Å²) in [5.74, 6) is -0.987. The third kappa shape index (κ3) is 4.88. The fraction of sp³-hybridized carbons (Fsp3) is 0.600. The molecule has 0 saturated carbocycles. The van der Waals surface area contributed by atoms with Crippen molar-refractivity contribution in [3.05, 3.63) is 11.8 Å². The van der Waals surface area contributed by atoms with Gasteiger partial charge in [-0.1, -0.05) is 0 Å². The summed E-state index contributed by atoms with van der Waals surface area (Å²) in [6, 6.07) is 2.02.